The van der Waals surface area contributed by atoms with Gasteiger partial charge in [0.25, 0.3) is 0 Å². The van der Waals surface area contributed by atoms with Crippen LogP contribution in [0.5, 0.6) is 0 Å². The van der Waals surface area contributed by atoms with Crippen molar-refractivity contribution in [1.29, 1.82) is 0 Å². The second-order valence-corrected chi connectivity index (χ2v) is 6.78. The minimum absolute atomic E-state index is 0.957. The fourth-order valence-corrected chi connectivity index (χ4v) is 3.96. The van der Waals surface area contributed by atoms with Crippen molar-refractivity contribution in [2.24, 2.45) is 11.8 Å². The number of hydrogen-bond donors (Lipinski definition) is 0. The van der Waals surface area contributed by atoms with Gasteiger partial charge in [-0.15, -0.1) is 0 Å². The third kappa shape index (κ3) is 5.18. The quantitative estimate of drug-likeness (QED) is 0.524. The summed E-state index contributed by atoms with van der Waals surface area (Å²) in [5.41, 5.74) is 0. The standard InChI is InChI=1S/C15H28BrNO/c16-8-4-15-5-10-17(13-15)9-2-1-3-14-6-11-18-12-7-14/h14-15H,1-13H2. The molecule has 0 spiro atoms. The second kappa shape index (κ2) is 8.55. The average molecular weight is 318 g/mol. The molecule has 2 aliphatic heterocycles. The Hall–Kier alpha value is 0.400. The molecule has 2 heterocycles. The van der Waals surface area contributed by atoms with Crippen LogP contribution in [0.3, 0.4) is 0 Å². The Morgan fingerprint density at radius 1 is 1.00 bits per heavy atom. The maximum absolute atomic E-state index is 5.41. The van der Waals surface area contributed by atoms with E-state index in [0.717, 1.165) is 25.0 Å². The van der Waals surface area contributed by atoms with Gasteiger partial charge in [-0.25, -0.2) is 0 Å². The monoisotopic (exact) mass is 317 g/mol. The third-order valence-electron chi connectivity index (χ3n) is 4.56. The Morgan fingerprint density at radius 2 is 1.83 bits per heavy atom. The van der Waals surface area contributed by atoms with Gasteiger partial charge in [0.1, 0.15) is 0 Å². The molecule has 0 amide bonds. The molecule has 2 rings (SSSR count). The van der Waals surface area contributed by atoms with Gasteiger partial charge in [0.2, 0.25) is 0 Å². The van der Waals surface area contributed by atoms with Crippen LogP contribution < -0.4 is 0 Å². The fraction of sp³-hybridized carbons (Fsp3) is 1.00. The molecule has 1 unspecified atom stereocenters. The molecule has 18 heavy (non-hydrogen) atoms. The summed E-state index contributed by atoms with van der Waals surface area (Å²) in [5.74, 6) is 1.92. The van der Waals surface area contributed by atoms with E-state index in [4.69, 9.17) is 4.74 Å². The Labute approximate surface area is 121 Å². The first-order valence-corrected chi connectivity index (χ1v) is 8.86. The molecule has 0 aromatic heterocycles. The van der Waals surface area contributed by atoms with Crippen LogP contribution in [-0.2, 0) is 4.74 Å². The van der Waals surface area contributed by atoms with E-state index >= 15 is 0 Å². The van der Waals surface area contributed by atoms with Crippen molar-refractivity contribution < 1.29 is 4.74 Å². The molecule has 0 aliphatic carbocycles. The summed E-state index contributed by atoms with van der Waals surface area (Å²) in [4.78, 5) is 2.68. The van der Waals surface area contributed by atoms with Crippen LogP contribution in [0.2, 0.25) is 0 Å². The summed E-state index contributed by atoms with van der Waals surface area (Å²) in [6, 6.07) is 0. The predicted octanol–water partition coefficient (Wildman–Crippen LogP) is 3.69. The zero-order chi connectivity index (χ0) is 12.6. The summed E-state index contributed by atoms with van der Waals surface area (Å²) in [6.07, 6.45) is 9.64. The van der Waals surface area contributed by atoms with Gasteiger partial charge in [0.05, 0.1) is 0 Å². The van der Waals surface area contributed by atoms with Gasteiger partial charge in [0.15, 0.2) is 0 Å². The molecule has 0 saturated carbocycles. The van der Waals surface area contributed by atoms with Gasteiger partial charge in [-0.2, -0.15) is 0 Å². The topological polar surface area (TPSA) is 12.5 Å². The maximum Gasteiger partial charge on any atom is 0.0468 e. The highest BCUT2D eigenvalue weighted by Gasteiger charge is 2.21. The first-order valence-electron chi connectivity index (χ1n) is 7.74. The van der Waals surface area contributed by atoms with Crippen molar-refractivity contribution in [3.8, 4) is 0 Å². The van der Waals surface area contributed by atoms with Gasteiger partial charge in [-0.1, -0.05) is 28.8 Å². The maximum atomic E-state index is 5.41. The van der Waals surface area contributed by atoms with Crippen LogP contribution in [0.15, 0.2) is 0 Å². The fourth-order valence-electron chi connectivity index (χ4n) is 3.31. The number of rotatable bonds is 7. The van der Waals surface area contributed by atoms with Crippen molar-refractivity contribution in [3.05, 3.63) is 0 Å². The average Bonchev–Trinajstić information content (AvgIpc) is 2.84. The highest BCUT2D eigenvalue weighted by molar-refractivity contribution is 9.09. The SMILES string of the molecule is BrCCC1CCN(CCCCC2CCOCC2)C1. The molecule has 106 valence electrons. The molecule has 0 bridgehead atoms. The summed E-state index contributed by atoms with van der Waals surface area (Å²) in [6.45, 7) is 6.04. The summed E-state index contributed by atoms with van der Waals surface area (Å²) < 4.78 is 5.41. The minimum atomic E-state index is 0.957. The zero-order valence-corrected chi connectivity index (χ0v) is 13.2. The molecule has 1 atom stereocenters. The van der Waals surface area contributed by atoms with Gasteiger partial charge < -0.3 is 9.64 Å². The Balaban J connectivity index is 1.48. The number of alkyl halides is 1. The number of nitrogens with zero attached hydrogens (tertiary/aromatic N) is 1. The molecular weight excluding hydrogens is 290 g/mol. The van der Waals surface area contributed by atoms with Crippen molar-refractivity contribution in [2.75, 3.05) is 38.2 Å². The summed E-state index contributed by atoms with van der Waals surface area (Å²) >= 11 is 3.56. The lowest BCUT2D eigenvalue weighted by atomic mass is 9.94. The molecule has 2 aliphatic rings. The van der Waals surface area contributed by atoms with Crippen molar-refractivity contribution in [1.82, 2.24) is 4.90 Å². The molecule has 2 saturated heterocycles. The van der Waals surface area contributed by atoms with E-state index in [2.05, 4.69) is 20.8 Å². The first kappa shape index (κ1) is 14.8. The van der Waals surface area contributed by atoms with E-state index in [9.17, 15) is 0 Å². The molecule has 0 aromatic rings. The van der Waals surface area contributed by atoms with Crippen LogP contribution in [-0.4, -0.2) is 43.1 Å². The summed E-state index contributed by atoms with van der Waals surface area (Å²) in [5, 5.41) is 1.18. The number of likely N-dealkylation sites (tertiary alicyclic amines) is 1. The number of hydrogen-bond acceptors (Lipinski definition) is 2. The molecule has 0 N–H and O–H groups in total. The van der Waals surface area contributed by atoms with Crippen molar-refractivity contribution in [3.63, 3.8) is 0 Å². The van der Waals surface area contributed by atoms with Crippen LogP contribution >= 0.6 is 15.9 Å². The molecule has 0 radical (unpaired) electrons. The number of ether oxygens (including phenoxy) is 1. The van der Waals surface area contributed by atoms with Crippen LogP contribution in [0, 0.1) is 11.8 Å². The Morgan fingerprint density at radius 3 is 2.61 bits per heavy atom. The number of halogens is 1. The van der Waals surface area contributed by atoms with Crippen molar-refractivity contribution >= 4 is 15.9 Å². The first-order chi connectivity index (χ1) is 8.88. The highest BCUT2D eigenvalue weighted by atomic mass is 79.9. The van der Waals surface area contributed by atoms with E-state index in [0.29, 0.717) is 0 Å². The van der Waals surface area contributed by atoms with E-state index in [-0.39, 0.29) is 0 Å². The van der Waals surface area contributed by atoms with Crippen LogP contribution in [0.25, 0.3) is 0 Å². The van der Waals surface area contributed by atoms with Gasteiger partial charge in [0, 0.05) is 25.1 Å². The third-order valence-corrected chi connectivity index (χ3v) is 5.02. The van der Waals surface area contributed by atoms with Gasteiger partial charge in [-0.05, 0) is 57.0 Å². The Bertz CT molecular complexity index is 219. The van der Waals surface area contributed by atoms with E-state index in [1.165, 1.54) is 69.9 Å². The highest BCUT2D eigenvalue weighted by Crippen LogP contribution is 2.23. The van der Waals surface area contributed by atoms with E-state index in [1.807, 2.05) is 0 Å². The van der Waals surface area contributed by atoms with Crippen LogP contribution in [0.4, 0.5) is 0 Å². The number of unbranched alkanes of at least 4 members (excludes halogenated alkanes) is 1. The zero-order valence-electron chi connectivity index (χ0n) is 11.6. The molecule has 0 aromatic carbocycles. The van der Waals surface area contributed by atoms with Crippen molar-refractivity contribution in [2.45, 2.75) is 44.9 Å². The second-order valence-electron chi connectivity index (χ2n) is 5.98. The molecule has 2 nitrogen and oxygen atoms in total. The smallest absolute Gasteiger partial charge is 0.0468 e. The minimum Gasteiger partial charge on any atom is -0.381 e. The van der Waals surface area contributed by atoms with Gasteiger partial charge in [-0.3, -0.25) is 0 Å². The van der Waals surface area contributed by atoms with Gasteiger partial charge >= 0.3 is 0 Å². The lowest BCUT2D eigenvalue weighted by Gasteiger charge is -2.22. The summed E-state index contributed by atoms with van der Waals surface area (Å²) in [7, 11) is 0. The molecule has 2 fully saturated rings. The van der Waals surface area contributed by atoms with Crippen LogP contribution in [0.1, 0.15) is 44.9 Å². The Kier molecular flexibility index (Phi) is 7.03. The largest absolute Gasteiger partial charge is 0.381 e. The predicted molar refractivity (Wildman–Crippen MR) is 80.4 cm³/mol. The lowest BCUT2D eigenvalue weighted by Crippen LogP contribution is -2.22. The van der Waals surface area contributed by atoms with E-state index < -0.39 is 0 Å². The molecular formula is C15H28BrNO. The molecule has 3 heteroatoms. The normalized spacial score (nSPS) is 26.8. The lowest BCUT2D eigenvalue weighted by molar-refractivity contribution is 0.0629. The van der Waals surface area contributed by atoms with E-state index in [1.54, 1.807) is 0 Å².